The van der Waals surface area contributed by atoms with Crippen molar-refractivity contribution < 1.29 is 4.79 Å². The Morgan fingerprint density at radius 2 is 2.10 bits per heavy atom. The Bertz CT molecular complexity index is 599. The molecule has 0 saturated carbocycles. The summed E-state index contributed by atoms with van der Waals surface area (Å²) in [6, 6.07) is 7.51. The van der Waals surface area contributed by atoms with E-state index in [1.165, 1.54) is 16.9 Å². The summed E-state index contributed by atoms with van der Waals surface area (Å²) in [4.78, 5) is 11.9. The average Bonchev–Trinajstić information content (AvgIpc) is 2.88. The number of nitrogens with two attached hydrogens (primary N) is 1. The third-order valence-electron chi connectivity index (χ3n) is 2.99. The normalized spacial score (nSPS) is 12.1. The molecule has 1 aromatic carbocycles. The zero-order valence-corrected chi connectivity index (χ0v) is 13.2. The molecule has 5 nitrogen and oxygen atoms in total. The second-order valence-corrected chi connectivity index (χ2v) is 6.22. The SMILES string of the molecule is C[C@@H](NC(=O)CCCc1ccc(Cl)cc1)c1nnc(N)s1. The zero-order chi connectivity index (χ0) is 15.2. The first-order chi connectivity index (χ1) is 10.0. The number of halogens is 1. The third kappa shape index (κ3) is 4.99. The minimum atomic E-state index is -0.164. The van der Waals surface area contributed by atoms with E-state index in [0.29, 0.717) is 11.6 Å². The lowest BCUT2D eigenvalue weighted by Gasteiger charge is -2.10. The summed E-state index contributed by atoms with van der Waals surface area (Å²) in [5, 5.41) is 12.4. The summed E-state index contributed by atoms with van der Waals surface area (Å²) >= 11 is 7.12. The Morgan fingerprint density at radius 3 is 2.71 bits per heavy atom. The van der Waals surface area contributed by atoms with Crippen LogP contribution in [-0.2, 0) is 11.2 Å². The molecule has 3 N–H and O–H groups in total. The number of benzene rings is 1. The number of anilines is 1. The fraction of sp³-hybridized carbons (Fsp3) is 0.357. The number of hydrogen-bond acceptors (Lipinski definition) is 5. The van der Waals surface area contributed by atoms with Gasteiger partial charge in [0.1, 0.15) is 5.01 Å². The molecule has 0 aliphatic carbocycles. The minimum absolute atomic E-state index is 0.00485. The fourth-order valence-electron chi connectivity index (χ4n) is 1.90. The highest BCUT2D eigenvalue weighted by Gasteiger charge is 2.13. The molecule has 7 heteroatoms. The van der Waals surface area contributed by atoms with Gasteiger partial charge < -0.3 is 11.1 Å². The number of aryl methyl sites for hydroxylation is 1. The number of aromatic nitrogens is 2. The first-order valence-electron chi connectivity index (χ1n) is 6.67. The van der Waals surface area contributed by atoms with Gasteiger partial charge in [0.15, 0.2) is 0 Å². The van der Waals surface area contributed by atoms with Crippen molar-refractivity contribution in [1.29, 1.82) is 0 Å². The summed E-state index contributed by atoms with van der Waals surface area (Å²) in [5.74, 6) is 0.00485. The van der Waals surface area contributed by atoms with Gasteiger partial charge in [0, 0.05) is 11.4 Å². The number of nitrogen functional groups attached to an aromatic ring is 1. The molecular weight excluding hydrogens is 308 g/mol. The van der Waals surface area contributed by atoms with Crippen molar-refractivity contribution in [2.75, 3.05) is 5.73 Å². The van der Waals surface area contributed by atoms with E-state index in [9.17, 15) is 4.79 Å². The highest BCUT2D eigenvalue weighted by atomic mass is 35.5. The van der Waals surface area contributed by atoms with Crippen molar-refractivity contribution in [2.45, 2.75) is 32.2 Å². The molecule has 1 heterocycles. The maximum Gasteiger partial charge on any atom is 0.220 e. The van der Waals surface area contributed by atoms with Crippen LogP contribution in [0.15, 0.2) is 24.3 Å². The van der Waals surface area contributed by atoms with Gasteiger partial charge in [0.05, 0.1) is 6.04 Å². The van der Waals surface area contributed by atoms with Crippen molar-refractivity contribution in [3.8, 4) is 0 Å². The van der Waals surface area contributed by atoms with E-state index in [0.717, 1.165) is 22.9 Å². The molecule has 0 unspecified atom stereocenters. The molecule has 0 spiro atoms. The van der Waals surface area contributed by atoms with Crippen LogP contribution in [-0.4, -0.2) is 16.1 Å². The molecule has 2 rings (SSSR count). The Morgan fingerprint density at radius 1 is 1.38 bits per heavy atom. The smallest absolute Gasteiger partial charge is 0.220 e. The van der Waals surface area contributed by atoms with Gasteiger partial charge in [-0.15, -0.1) is 10.2 Å². The number of carbonyl (C=O) groups is 1. The molecule has 1 aromatic heterocycles. The van der Waals surface area contributed by atoms with Gasteiger partial charge in [0.25, 0.3) is 0 Å². The van der Waals surface area contributed by atoms with E-state index in [-0.39, 0.29) is 11.9 Å². The number of carbonyl (C=O) groups excluding carboxylic acids is 1. The van der Waals surface area contributed by atoms with Gasteiger partial charge in [-0.05, 0) is 37.5 Å². The molecule has 0 saturated heterocycles. The summed E-state index contributed by atoms with van der Waals surface area (Å²) in [5.41, 5.74) is 6.70. The first kappa shape index (κ1) is 15.7. The van der Waals surface area contributed by atoms with Crippen LogP contribution in [0, 0.1) is 0 Å². The van der Waals surface area contributed by atoms with Gasteiger partial charge in [-0.2, -0.15) is 0 Å². The van der Waals surface area contributed by atoms with Gasteiger partial charge in [-0.3, -0.25) is 4.79 Å². The van der Waals surface area contributed by atoms with E-state index in [1.54, 1.807) is 0 Å². The monoisotopic (exact) mass is 324 g/mol. The van der Waals surface area contributed by atoms with Crippen molar-refractivity contribution in [3.05, 3.63) is 39.9 Å². The van der Waals surface area contributed by atoms with Crippen LogP contribution in [0.2, 0.25) is 5.02 Å². The van der Waals surface area contributed by atoms with Crippen molar-refractivity contribution in [2.24, 2.45) is 0 Å². The van der Waals surface area contributed by atoms with Gasteiger partial charge >= 0.3 is 0 Å². The molecule has 0 radical (unpaired) electrons. The van der Waals surface area contributed by atoms with Crippen LogP contribution >= 0.6 is 22.9 Å². The molecule has 0 fully saturated rings. The predicted molar refractivity (Wildman–Crippen MR) is 85.3 cm³/mol. The number of nitrogens with zero attached hydrogens (tertiary/aromatic N) is 2. The Balaban J connectivity index is 1.73. The maximum absolute atomic E-state index is 11.9. The summed E-state index contributed by atoms with van der Waals surface area (Å²) < 4.78 is 0. The van der Waals surface area contributed by atoms with Gasteiger partial charge in [-0.25, -0.2) is 0 Å². The third-order valence-corrected chi connectivity index (χ3v) is 4.17. The van der Waals surface area contributed by atoms with Crippen molar-refractivity contribution in [1.82, 2.24) is 15.5 Å². The van der Waals surface area contributed by atoms with E-state index < -0.39 is 0 Å². The molecule has 0 bridgehead atoms. The molecule has 0 aliphatic rings. The second-order valence-electron chi connectivity index (χ2n) is 4.75. The molecular formula is C14H17ClN4OS. The summed E-state index contributed by atoms with van der Waals surface area (Å²) in [6.45, 7) is 1.87. The fourth-order valence-corrected chi connectivity index (χ4v) is 2.64. The number of rotatable bonds is 6. The van der Waals surface area contributed by atoms with Crippen LogP contribution in [0.25, 0.3) is 0 Å². The second kappa shape index (κ2) is 7.38. The number of nitrogens with one attached hydrogen (secondary N) is 1. The lowest BCUT2D eigenvalue weighted by Crippen LogP contribution is -2.26. The van der Waals surface area contributed by atoms with Crippen molar-refractivity contribution in [3.63, 3.8) is 0 Å². The maximum atomic E-state index is 11.9. The van der Waals surface area contributed by atoms with Crippen LogP contribution in [0.1, 0.15) is 36.4 Å². The van der Waals surface area contributed by atoms with E-state index in [4.69, 9.17) is 17.3 Å². The summed E-state index contributed by atoms with van der Waals surface area (Å²) in [6.07, 6.45) is 2.12. The Kier molecular flexibility index (Phi) is 5.52. The molecule has 21 heavy (non-hydrogen) atoms. The van der Waals surface area contributed by atoms with Crippen LogP contribution < -0.4 is 11.1 Å². The highest BCUT2D eigenvalue weighted by molar-refractivity contribution is 7.15. The molecule has 2 aromatic rings. The van der Waals surface area contributed by atoms with E-state index >= 15 is 0 Å². The number of hydrogen-bond donors (Lipinski definition) is 2. The lowest BCUT2D eigenvalue weighted by molar-refractivity contribution is -0.121. The Hall–Kier alpha value is -1.66. The van der Waals surface area contributed by atoms with E-state index in [1.807, 2.05) is 31.2 Å². The molecule has 1 atom stereocenters. The van der Waals surface area contributed by atoms with E-state index in [2.05, 4.69) is 15.5 Å². The largest absolute Gasteiger partial charge is 0.374 e. The summed E-state index contributed by atoms with van der Waals surface area (Å²) in [7, 11) is 0. The van der Waals surface area contributed by atoms with Crippen LogP contribution in [0.5, 0.6) is 0 Å². The van der Waals surface area contributed by atoms with Crippen LogP contribution in [0.3, 0.4) is 0 Å². The molecule has 0 aliphatic heterocycles. The first-order valence-corrected chi connectivity index (χ1v) is 7.86. The van der Waals surface area contributed by atoms with Gasteiger partial charge in [-0.1, -0.05) is 35.1 Å². The van der Waals surface area contributed by atoms with Crippen LogP contribution in [0.4, 0.5) is 5.13 Å². The Labute approximate surface area is 132 Å². The number of amides is 1. The van der Waals surface area contributed by atoms with Gasteiger partial charge in [0.2, 0.25) is 11.0 Å². The zero-order valence-electron chi connectivity index (χ0n) is 11.7. The molecule has 112 valence electrons. The highest BCUT2D eigenvalue weighted by Crippen LogP contribution is 2.19. The predicted octanol–water partition coefficient (Wildman–Crippen LogP) is 2.97. The lowest BCUT2D eigenvalue weighted by atomic mass is 10.1. The molecule has 1 amide bonds. The topological polar surface area (TPSA) is 80.9 Å². The van der Waals surface area contributed by atoms with Crippen molar-refractivity contribution >= 4 is 34.0 Å². The minimum Gasteiger partial charge on any atom is -0.374 e. The standard InChI is InChI=1S/C14H17ClN4OS/c1-9(13-18-19-14(16)21-13)17-12(20)4-2-3-10-5-7-11(15)8-6-10/h5-9H,2-4H2,1H3,(H2,16,19)(H,17,20)/t9-/m1/s1. The quantitative estimate of drug-likeness (QED) is 0.856. The average molecular weight is 325 g/mol.